The fraction of sp³-hybridized carbons (Fsp3) is 0.238. The predicted octanol–water partition coefficient (Wildman–Crippen LogP) is 3.77. The molecule has 0 radical (unpaired) electrons. The molecule has 0 N–H and O–H groups in total. The fourth-order valence-electron chi connectivity index (χ4n) is 3.38. The van der Waals surface area contributed by atoms with Crippen LogP contribution in [0.15, 0.2) is 58.8 Å². The van der Waals surface area contributed by atoms with E-state index in [0.717, 1.165) is 22.8 Å². The van der Waals surface area contributed by atoms with Crippen LogP contribution in [0.1, 0.15) is 16.8 Å². The molecule has 9 heteroatoms. The highest BCUT2D eigenvalue weighted by Crippen LogP contribution is 2.26. The Balaban J connectivity index is 1.42. The van der Waals surface area contributed by atoms with E-state index >= 15 is 0 Å². The summed E-state index contributed by atoms with van der Waals surface area (Å²) in [5, 5.41) is 12.9. The van der Waals surface area contributed by atoms with Crippen molar-refractivity contribution in [2.24, 2.45) is 0 Å². The molecule has 0 aliphatic carbocycles. The fourth-order valence-corrected chi connectivity index (χ4v) is 5.95. The number of thiazole rings is 1. The molecule has 30 heavy (non-hydrogen) atoms. The maximum absolute atomic E-state index is 13.0. The van der Waals surface area contributed by atoms with Gasteiger partial charge in [-0.05, 0) is 29.8 Å². The lowest BCUT2D eigenvalue weighted by Crippen LogP contribution is -2.48. The number of sulfonamides is 1. The highest BCUT2D eigenvalue weighted by atomic mass is 35.5. The second-order valence-corrected chi connectivity index (χ2v) is 10.1. The van der Waals surface area contributed by atoms with E-state index in [1.165, 1.54) is 16.4 Å². The van der Waals surface area contributed by atoms with Crippen LogP contribution in [-0.2, 0) is 16.4 Å². The number of hydrogen-bond donors (Lipinski definition) is 0. The van der Waals surface area contributed by atoms with Crippen molar-refractivity contribution in [1.82, 2.24) is 9.29 Å². The first-order valence-electron chi connectivity index (χ1n) is 9.40. The van der Waals surface area contributed by atoms with E-state index in [1.807, 2.05) is 35.7 Å². The molecule has 1 aliphatic heterocycles. The van der Waals surface area contributed by atoms with Crippen molar-refractivity contribution in [2.45, 2.75) is 11.3 Å². The average molecular weight is 459 g/mol. The second-order valence-electron chi connectivity index (χ2n) is 6.92. The van der Waals surface area contributed by atoms with Gasteiger partial charge in [0.05, 0.1) is 16.2 Å². The molecule has 0 amide bonds. The zero-order chi connectivity index (χ0) is 21.1. The standard InChI is InChI=1S/C21H19ClN4O2S2/c22-18-7-5-16(6-8-18)13-19-15-29-21(24-19)25-9-11-26(12-10-25)30(27,28)20-4-2-1-3-17(20)14-23/h1-8,15H,9-13H2. The lowest BCUT2D eigenvalue weighted by molar-refractivity contribution is 0.384. The van der Waals surface area contributed by atoms with Crippen molar-refractivity contribution in [2.75, 3.05) is 31.1 Å². The minimum atomic E-state index is -3.69. The van der Waals surface area contributed by atoms with Gasteiger partial charge in [0.25, 0.3) is 0 Å². The van der Waals surface area contributed by atoms with Crippen molar-refractivity contribution in [1.29, 1.82) is 5.26 Å². The number of aromatic nitrogens is 1. The van der Waals surface area contributed by atoms with Gasteiger partial charge in [-0.2, -0.15) is 9.57 Å². The summed E-state index contributed by atoms with van der Waals surface area (Å²) in [6.45, 7) is 1.83. The van der Waals surface area contributed by atoms with Gasteiger partial charge < -0.3 is 4.90 Å². The highest BCUT2D eigenvalue weighted by molar-refractivity contribution is 7.89. The van der Waals surface area contributed by atoms with Crippen LogP contribution in [-0.4, -0.2) is 43.9 Å². The van der Waals surface area contributed by atoms with Gasteiger partial charge in [-0.25, -0.2) is 13.4 Å². The molecule has 6 nitrogen and oxygen atoms in total. The molecule has 0 saturated carbocycles. The van der Waals surface area contributed by atoms with Gasteiger partial charge in [-0.1, -0.05) is 35.9 Å². The van der Waals surface area contributed by atoms with Crippen molar-refractivity contribution in [3.63, 3.8) is 0 Å². The quantitative estimate of drug-likeness (QED) is 0.581. The Labute approximate surface area is 185 Å². The number of nitriles is 1. The number of hydrogen-bond acceptors (Lipinski definition) is 6. The molecule has 0 unspecified atom stereocenters. The van der Waals surface area contributed by atoms with Crippen LogP contribution in [0.5, 0.6) is 0 Å². The molecule has 3 aromatic rings. The summed E-state index contributed by atoms with van der Waals surface area (Å²) < 4.78 is 27.4. The van der Waals surface area contributed by atoms with Crippen LogP contribution >= 0.6 is 22.9 Å². The molecular weight excluding hydrogens is 440 g/mol. The van der Waals surface area contributed by atoms with Gasteiger partial charge in [0.15, 0.2) is 5.13 Å². The molecule has 1 aromatic heterocycles. The van der Waals surface area contributed by atoms with E-state index in [1.54, 1.807) is 23.5 Å². The normalized spacial score (nSPS) is 15.1. The third-order valence-electron chi connectivity index (χ3n) is 4.97. The van der Waals surface area contributed by atoms with Crippen molar-refractivity contribution >= 4 is 38.1 Å². The van der Waals surface area contributed by atoms with E-state index in [2.05, 4.69) is 4.90 Å². The number of anilines is 1. The van der Waals surface area contributed by atoms with Gasteiger partial charge in [-0.3, -0.25) is 0 Å². The Morgan fingerprint density at radius 1 is 1.07 bits per heavy atom. The van der Waals surface area contributed by atoms with Crippen LogP contribution in [0.3, 0.4) is 0 Å². The van der Waals surface area contributed by atoms with Crippen molar-refractivity contribution in [3.8, 4) is 6.07 Å². The van der Waals surface area contributed by atoms with E-state index < -0.39 is 10.0 Å². The Morgan fingerprint density at radius 3 is 2.47 bits per heavy atom. The molecule has 2 heterocycles. The average Bonchev–Trinajstić information content (AvgIpc) is 3.24. The maximum Gasteiger partial charge on any atom is 0.244 e. The van der Waals surface area contributed by atoms with Gasteiger partial charge in [0.1, 0.15) is 6.07 Å². The first-order valence-corrected chi connectivity index (χ1v) is 12.1. The molecule has 0 spiro atoms. The zero-order valence-electron chi connectivity index (χ0n) is 16.0. The Kier molecular flexibility index (Phi) is 6.06. The zero-order valence-corrected chi connectivity index (χ0v) is 18.4. The van der Waals surface area contributed by atoms with Crippen molar-refractivity contribution < 1.29 is 8.42 Å². The summed E-state index contributed by atoms with van der Waals surface area (Å²) in [5.41, 5.74) is 2.30. The third kappa shape index (κ3) is 4.35. The summed E-state index contributed by atoms with van der Waals surface area (Å²) in [6.07, 6.45) is 0.729. The van der Waals surface area contributed by atoms with E-state index in [9.17, 15) is 13.7 Å². The lowest BCUT2D eigenvalue weighted by Gasteiger charge is -2.33. The number of rotatable bonds is 5. The molecule has 1 aliphatic rings. The lowest BCUT2D eigenvalue weighted by atomic mass is 10.1. The van der Waals surface area contributed by atoms with Crippen LogP contribution < -0.4 is 4.90 Å². The molecule has 154 valence electrons. The summed E-state index contributed by atoms with van der Waals surface area (Å²) in [4.78, 5) is 6.90. The molecule has 4 rings (SSSR count). The Hall–Kier alpha value is -2.44. The van der Waals surface area contributed by atoms with E-state index in [4.69, 9.17) is 16.6 Å². The summed E-state index contributed by atoms with van der Waals surface area (Å²) >= 11 is 7.50. The summed E-state index contributed by atoms with van der Waals surface area (Å²) in [6, 6.07) is 16.0. The van der Waals surface area contributed by atoms with E-state index in [-0.39, 0.29) is 10.5 Å². The number of halogens is 1. The number of benzene rings is 2. The largest absolute Gasteiger partial charge is 0.345 e. The first-order chi connectivity index (χ1) is 14.5. The van der Waals surface area contributed by atoms with Crippen LogP contribution in [0.2, 0.25) is 5.02 Å². The second kappa shape index (κ2) is 8.74. The summed E-state index contributed by atoms with van der Waals surface area (Å²) in [7, 11) is -3.69. The van der Waals surface area contributed by atoms with Gasteiger partial charge in [0.2, 0.25) is 10.0 Å². The Bertz CT molecular complexity index is 1180. The molecule has 2 aromatic carbocycles. The predicted molar refractivity (Wildman–Crippen MR) is 119 cm³/mol. The monoisotopic (exact) mass is 458 g/mol. The smallest absolute Gasteiger partial charge is 0.244 e. The van der Waals surface area contributed by atoms with Gasteiger partial charge >= 0.3 is 0 Å². The minimum Gasteiger partial charge on any atom is -0.345 e. The molecule has 1 saturated heterocycles. The topological polar surface area (TPSA) is 77.3 Å². The highest BCUT2D eigenvalue weighted by Gasteiger charge is 2.30. The van der Waals surface area contributed by atoms with Crippen LogP contribution in [0, 0.1) is 11.3 Å². The number of piperazine rings is 1. The minimum absolute atomic E-state index is 0.0699. The van der Waals surface area contributed by atoms with Crippen molar-refractivity contribution in [3.05, 3.63) is 75.8 Å². The first kappa shape index (κ1) is 20.8. The molecule has 0 atom stereocenters. The summed E-state index contributed by atoms with van der Waals surface area (Å²) in [5.74, 6) is 0. The van der Waals surface area contributed by atoms with Gasteiger partial charge in [0, 0.05) is 43.0 Å². The van der Waals surface area contributed by atoms with Crippen LogP contribution in [0.4, 0.5) is 5.13 Å². The van der Waals surface area contributed by atoms with Gasteiger partial charge in [-0.15, -0.1) is 11.3 Å². The Morgan fingerprint density at radius 2 is 1.77 bits per heavy atom. The van der Waals surface area contributed by atoms with Crippen LogP contribution in [0.25, 0.3) is 0 Å². The molecular formula is C21H19ClN4O2S2. The maximum atomic E-state index is 13.0. The molecule has 1 fully saturated rings. The van der Waals surface area contributed by atoms with E-state index in [0.29, 0.717) is 31.2 Å². The SMILES string of the molecule is N#Cc1ccccc1S(=O)(=O)N1CCN(c2nc(Cc3ccc(Cl)cc3)cs2)CC1. The third-order valence-corrected chi connectivity index (χ3v) is 8.13. The number of nitrogens with zero attached hydrogens (tertiary/aromatic N) is 4. The molecule has 0 bridgehead atoms.